The van der Waals surface area contributed by atoms with Crippen molar-refractivity contribution in [3.63, 3.8) is 0 Å². The third kappa shape index (κ3) is 78.7. The molecular weight excluding hydrogens is 427 g/mol. The van der Waals surface area contributed by atoms with E-state index in [1.54, 1.807) is 0 Å². The number of carbonyl (C=O) groups is 3. The summed E-state index contributed by atoms with van der Waals surface area (Å²) in [5.41, 5.74) is 0. The summed E-state index contributed by atoms with van der Waals surface area (Å²) in [6, 6.07) is 0. The van der Waals surface area contributed by atoms with Crippen LogP contribution in [0.2, 0.25) is 0 Å². The van der Waals surface area contributed by atoms with E-state index in [1.807, 2.05) is 0 Å². The minimum absolute atomic E-state index is 0. The van der Waals surface area contributed by atoms with E-state index in [4.69, 9.17) is 29.5 Å². The maximum Gasteiger partial charge on any atom is 1.00 e. The molecule has 0 atom stereocenters. The average molecular weight is 443 g/mol. The molecule has 0 amide bonds. The molecule has 11 N–H and O–H groups in total. The zero-order valence-corrected chi connectivity index (χ0v) is 25.4. The Morgan fingerprint density at radius 2 is 0.905 bits per heavy atom. The quantitative estimate of drug-likeness (QED) is 0.0796. The van der Waals surface area contributed by atoms with Crippen LogP contribution in [0.1, 0.15) is 5.71 Å². The maximum absolute atomic E-state index is 9.86. The van der Waals surface area contributed by atoms with E-state index in [2.05, 4.69) is 9.47 Å². The molecule has 112 valence electrons. The zero-order valence-electron chi connectivity index (χ0n) is 16.0. The molecule has 0 unspecified atom stereocenters. The largest absolute Gasteiger partial charge is 1.00 e. The van der Waals surface area contributed by atoms with Gasteiger partial charge in [0.2, 0.25) is 0 Å². The van der Waals surface area contributed by atoms with E-state index < -0.39 is 26.3 Å². The Kier molecular flexibility index (Phi) is 70.5. The first kappa shape index (κ1) is 50.1. The van der Waals surface area contributed by atoms with Crippen molar-refractivity contribution in [3.8, 4) is 0 Å². The summed E-state index contributed by atoms with van der Waals surface area (Å²) in [5.74, 6) is 0. The number of rotatable bonds is 0. The summed E-state index contributed by atoms with van der Waals surface area (Å²) in [4.78, 5) is 50.4. The van der Waals surface area contributed by atoms with Gasteiger partial charge in [-0.1, -0.05) is 0 Å². The van der Waals surface area contributed by atoms with Crippen LogP contribution in [0.3, 0.4) is 0 Å². The molecule has 0 saturated carbocycles. The Bertz CT molecular complexity index is 299. The first-order valence-corrected chi connectivity index (χ1v) is 4.22. The summed E-state index contributed by atoms with van der Waals surface area (Å²) < 4.78 is 15.4. The number of carbonyl (C=O) groups excluding carboxylic acids is 1. The van der Waals surface area contributed by atoms with Gasteiger partial charge in [0.1, 0.15) is 0 Å². The molecule has 21 heavy (non-hydrogen) atoms. The Balaban J connectivity index is -0.0000000104. The van der Waals surface area contributed by atoms with Gasteiger partial charge in [0.05, 0.1) is 0 Å². The molecule has 0 aliphatic heterocycles. The molecule has 0 heterocycles. The normalized spacial score (nSPS) is 6.62. The second-order valence-corrected chi connectivity index (χ2v) is 2.53. The standard InChI is InChI=1S/C3H2O7.4K.2H3N.H3O4P.4H/c4-1(5)9-3(8)10-2(6)7;;;;;;;1-5(2,3)4;;;;/h(H,4,5)(H,6,7);;;;;2*1H3;(H3,1,2,3,4);;;;/q;4*+1;;;;4*-1. The van der Waals surface area contributed by atoms with Crippen LogP contribution >= 0.6 is 7.82 Å². The molecule has 0 aromatic carbocycles. The number of hydrogen-bond donors (Lipinski definition) is 7. The van der Waals surface area contributed by atoms with Gasteiger partial charge in [0.15, 0.2) is 0 Å². The molecular formula is C3H15K4N2O11P. The molecule has 0 aromatic heterocycles. The zero-order chi connectivity index (χ0) is 12.6. The third-order valence-corrected chi connectivity index (χ3v) is 0.341. The van der Waals surface area contributed by atoms with Crippen molar-refractivity contribution in [1.82, 2.24) is 12.3 Å². The van der Waals surface area contributed by atoms with Crippen molar-refractivity contribution in [1.29, 1.82) is 0 Å². The molecule has 0 aliphatic rings. The van der Waals surface area contributed by atoms with Crippen molar-refractivity contribution in [3.05, 3.63) is 0 Å². The topological polar surface area (TPSA) is 258 Å². The van der Waals surface area contributed by atoms with Crippen molar-refractivity contribution >= 4 is 26.3 Å². The molecule has 0 fully saturated rings. The number of carboxylic acid groups (broad SMARTS) is 2. The van der Waals surface area contributed by atoms with Gasteiger partial charge >= 0.3 is 232 Å². The average Bonchev–Trinajstić information content (AvgIpc) is 1.76. The van der Waals surface area contributed by atoms with Crippen LogP contribution in [0.15, 0.2) is 0 Å². The van der Waals surface area contributed by atoms with Crippen LogP contribution < -0.4 is 218 Å². The molecule has 0 aliphatic carbocycles. The van der Waals surface area contributed by atoms with Crippen LogP contribution in [-0.4, -0.2) is 43.4 Å². The molecule has 0 spiro atoms. The predicted molar refractivity (Wildman–Crippen MR) is 52.4 cm³/mol. The Morgan fingerprint density at radius 3 is 1.00 bits per heavy atom. The minimum Gasteiger partial charge on any atom is -1.00 e. The fourth-order valence-corrected chi connectivity index (χ4v) is 0.163. The number of phosphoric acid groups is 1. The van der Waals surface area contributed by atoms with Crippen molar-refractivity contribution in [2.45, 2.75) is 0 Å². The third-order valence-electron chi connectivity index (χ3n) is 0.341. The van der Waals surface area contributed by atoms with E-state index >= 15 is 0 Å². The fraction of sp³-hybridized carbons (Fsp3) is 0. The van der Waals surface area contributed by atoms with Gasteiger partial charge in [-0.05, 0) is 0 Å². The molecule has 0 aromatic rings. The Hall–Kier alpha value is 4.79. The summed E-state index contributed by atoms with van der Waals surface area (Å²) in [6.07, 6.45) is -5.64. The van der Waals surface area contributed by atoms with E-state index in [-0.39, 0.29) is 224 Å². The predicted octanol–water partition coefficient (Wildman–Crippen LogP) is -11.6. The first-order chi connectivity index (χ1) is 6.52. The van der Waals surface area contributed by atoms with Gasteiger partial charge < -0.3 is 52.4 Å². The second kappa shape index (κ2) is 29.5. The van der Waals surface area contributed by atoms with Gasteiger partial charge in [-0.3, -0.25) is 0 Å². The van der Waals surface area contributed by atoms with Crippen LogP contribution in [-0.2, 0) is 14.0 Å². The monoisotopic (exact) mass is 442 g/mol. The van der Waals surface area contributed by atoms with E-state index in [0.717, 1.165) is 0 Å². The van der Waals surface area contributed by atoms with Crippen LogP contribution in [0.5, 0.6) is 0 Å². The SMILES string of the molecule is N.N.O=C(O)OC(=O)OC(=O)O.O=P(O)(O)O.[H-].[H-].[H-].[H-].[K+].[K+].[K+].[K+]. The number of ether oxygens (including phenoxy) is 2. The van der Waals surface area contributed by atoms with Crippen LogP contribution in [0.4, 0.5) is 14.4 Å². The molecule has 18 heteroatoms. The summed E-state index contributed by atoms with van der Waals surface area (Å²) >= 11 is 0. The van der Waals surface area contributed by atoms with Gasteiger partial charge in [-0.2, -0.15) is 0 Å². The van der Waals surface area contributed by atoms with Crippen LogP contribution in [0, 0.1) is 0 Å². The van der Waals surface area contributed by atoms with E-state index in [9.17, 15) is 14.4 Å². The summed E-state index contributed by atoms with van der Waals surface area (Å²) in [6.45, 7) is 0. The van der Waals surface area contributed by atoms with Crippen molar-refractivity contribution in [2.24, 2.45) is 0 Å². The Morgan fingerprint density at radius 1 is 0.762 bits per heavy atom. The van der Waals surface area contributed by atoms with Gasteiger partial charge in [-0.15, -0.1) is 0 Å². The summed E-state index contributed by atoms with van der Waals surface area (Å²) in [5, 5.41) is 15.4. The molecule has 0 radical (unpaired) electrons. The van der Waals surface area contributed by atoms with E-state index in [0.29, 0.717) is 0 Å². The summed E-state index contributed by atoms with van der Waals surface area (Å²) in [7, 11) is -4.64. The molecule has 13 nitrogen and oxygen atoms in total. The molecule has 0 bridgehead atoms. The van der Waals surface area contributed by atoms with Gasteiger partial charge in [0, 0.05) is 0 Å². The smallest absolute Gasteiger partial charge is 1.00 e. The fourth-order valence-electron chi connectivity index (χ4n) is 0.163. The first-order valence-electron chi connectivity index (χ1n) is 2.66. The molecule has 0 rings (SSSR count). The molecule has 0 saturated heterocycles. The number of hydrogen-bond acceptors (Lipinski definition) is 8. The minimum atomic E-state index is -4.64. The second-order valence-electron chi connectivity index (χ2n) is 1.50. The maximum atomic E-state index is 9.86. The Labute approximate surface area is 295 Å². The van der Waals surface area contributed by atoms with Crippen LogP contribution in [0.25, 0.3) is 0 Å². The van der Waals surface area contributed by atoms with E-state index in [1.165, 1.54) is 0 Å². The van der Waals surface area contributed by atoms with Crippen molar-refractivity contribution < 1.29 is 265 Å². The van der Waals surface area contributed by atoms with Gasteiger partial charge in [0.25, 0.3) is 0 Å². The van der Waals surface area contributed by atoms with Gasteiger partial charge in [-0.25, -0.2) is 18.9 Å². The van der Waals surface area contributed by atoms with Crippen molar-refractivity contribution in [2.75, 3.05) is 0 Å².